The van der Waals surface area contributed by atoms with E-state index in [0.29, 0.717) is 0 Å². The van der Waals surface area contributed by atoms with E-state index in [1.54, 1.807) is 7.11 Å². The van der Waals surface area contributed by atoms with E-state index in [0.717, 1.165) is 22.8 Å². The first-order chi connectivity index (χ1) is 7.85. The standard InChI is InChI=1S/C14H16OS/c1-15-12-4-6-13(7-5-12)16-14-9-10-2-3-11(14)8-10/h2-7,10-11,14H,8-9H2,1H3/t10-,11+,14+/m1/s1. The van der Waals surface area contributed by atoms with Gasteiger partial charge in [-0.2, -0.15) is 0 Å². The lowest BCUT2D eigenvalue weighted by Gasteiger charge is -2.17. The van der Waals surface area contributed by atoms with Crippen molar-refractivity contribution in [2.45, 2.75) is 23.0 Å². The number of allylic oxidation sites excluding steroid dienone is 2. The van der Waals surface area contributed by atoms with Crippen molar-refractivity contribution < 1.29 is 4.74 Å². The molecule has 0 spiro atoms. The Labute approximate surface area is 101 Å². The van der Waals surface area contributed by atoms with Gasteiger partial charge in [-0.05, 0) is 48.9 Å². The second-order valence-corrected chi connectivity index (χ2v) is 5.92. The first kappa shape index (κ1) is 10.3. The first-order valence-corrected chi connectivity index (χ1v) is 6.72. The molecule has 0 N–H and O–H groups in total. The van der Waals surface area contributed by atoms with Gasteiger partial charge in [-0.3, -0.25) is 0 Å². The van der Waals surface area contributed by atoms with Crippen molar-refractivity contribution in [3.05, 3.63) is 36.4 Å². The Kier molecular flexibility index (Phi) is 2.68. The summed E-state index contributed by atoms with van der Waals surface area (Å²) in [6.07, 6.45) is 7.55. The monoisotopic (exact) mass is 232 g/mol. The van der Waals surface area contributed by atoms with E-state index < -0.39 is 0 Å². The summed E-state index contributed by atoms with van der Waals surface area (Å²) in [5.74, 6) is 2.62. The van der Waals surface area contributed by atoms with Gasteiger partial charge in [-0.25, -0.2) is 0 Å². The number of benzene rings is 1. The minimum absolute atomic E-state index is 0.795. The van der Waals surface area contributed by atoms with Crippen LogP contribution in [0.25, 0.3) is 0 Å². The van der Waals surface area contributed by atoms with Gasteiger partial charge < -0.3 is 4.74 Å². The third-order valence-electron chi connectivity index (χ3n) is 3.56. The molecule has 0 saturated heterocycles. The topological polar surface area (TPSA) is 9.23 Å². The largest absolute Gasteiger partial charge is 0.497 e. The molecule has 2 bridgehead atoms. The van der Waals surface area contributed by atoms with Crippen molar-refractivity contribution in [3.63, 3.8) is 0 Å². The van der Waals surface area contributed by atoms with Crippen LogP contribution >= 0.6 is 11.8 Å². The van der Waals surface area contributed by atoms with E-state index >= 15 is 0 Å². The zero-order valence-electron chi connectivity index (χ0n) is 9.43. The molecular formula is C14H16OS. The second kappa shape index (κ2) is 4.17. The van der Waals surface area contributed by atoms with Crippen molar-refractivity contribution in [2.24, 2.45) is 11.8 Å². The van der Waals surface area contributed by atoms with Crippen LogP contribution in [0.5, 0.6) is 5.75 Å². The Morgan fingerprint density at radius 3 is 2.50 bits per heavy atom. The van der Waals surface area contributed by atoms with Crippen LogP contribution in [0.2, 0.25) is 0 Å². The van der Waals surface area contributed by atoms with Gasteiger partial charge >= 0.3 is 0 Å². The van der Waals surface area contributed by atoms with Gasteiger partial charge in [-0.1, -0.05) is 12.2 Å². The lowest BCUT2D eigenvalue weighted by atomic mass is 10.1. The van der Waals surface area contributed by atoms with Gasteiger partial charge in [0.25, 0.3) is 0 Å². The predicted octanol–water partition coefficient (Wildman–Crippen LogP) is 3.75. The summed E-state index contributed by atoms with van der Waals surface area (Å²) >= 11 is 2.03. The van der Waals surface area contributed by atoms with E-state index in [1.165, 1.54) is 17.7 Å². The van der Waals surface area contributed by atoms with Crippen LogP contribution < -0.4 is 4.74 Å². The van der Waals surface area contributed by atoms with Crippen LogP contribution in [-0.2, 0) is 0 Å². The van der Waals surface area contributed by atoms with Gasteiger partial charge in [0.1, 0.15) is 5.75 Å². The molecule has 0 radical (unpaired) electrons. The van der Waals surface area contributed by atoms with Crippen molar-refractivity contribution in [1.29, 1.82) is 0 Å². The average molecular weight is 232 g/mol. The fourth-order valence-corrected chi connectivity index (χ4v) is 4.06. The van der Waals surface area contributed by atoms with E-state index in [2.05, 4.69) is 24.3 Å². The van der Waals surface area contributed by atoms with Gasteiger partial charge in [-0.15, -0.1) is 11.8 Å². The van der Waals surface area contributed by atoms with E-state index in [9.17, 15) is 0 Å². The number of methoxy groups -OCH3 is 1. The van der Waals surface area contributed by atoms with E-state index in [1.807, 2.05) is 23.9 Å². The molecule has 84 valence electrons. The smallest absolute Gasteiger partial charge is 0.118 e. The molecule has 2 aliphatic rings. The highest BCUT2D eigenvalue weighted by Gasteiger charge is 2.35. The molecule has 2 heteroatoms. The predicted molar refractivity (Wildman–Crippen MR) is 68.0 cm³/mol. The minimum atomic E-state index is 0.795. The highest BCUT2D eigenvalue weighted by atomic mass is 32.2. The maximum absolute atomic E-state index is 5.17. The van der Waals surface area contributed by atoms with Crippen LogP contribution in [0.1, 0.15) is 12.8 Å². The van der Waals surface area contributed by atoms with Gasteiger partial charge in [0, 0.05) is 10.1 Å². The van der Waals surface area contributed by atoms with Crippen LogP contribution in [0, 0.1) is 11.8 Å². The van der Waals surface area contributed by atoms with Gasteiger partial charge in [0.2, 0.25) is 0 Å². The van der Waals surface area contributed by atoms with Crippen molar-refractivity contribution in [1.82, 2.24) is 0 Å². The lowest BCUT2D eigenvalue weighted by molar-refractivity contribution is 0.414. The lowest BCUT2D eigenvalue weighted by Crippen LogP contribution is -2.08. The number of ether oxygens (including phenoxy) is 1. The van der Waals surface area contributed by atoms with Crippen LogP contribution in [-0.4, -0.2) is 12.4 Å². The summed E-state index contributed by atoms with van der Waals surface area (Å²) in [7, 11) is 1.71. The molecule has 0 heterocycles. The zero-order valence-corrected chi connectivity index (χ0v) is 10.2. The molecule has 1 saturated carbocycles. The first-order valence-electron chi connectivity index (χ1n) is 5.84. The highest BCUT2D eigenvalue weighted by molar-refractivity contribution is 8.00. The van der Waals surface area contributed by atoms with Gasteiger partial charge in [0.15, 0.2) is 0 Å². The maximum Gasteiger partial charge on any atom is 0.118 e. The van der Waals surface area contributed by atoms with E-state index in [-0.39, 0.29) is 0 Å². The molecule has 0 aliphatic heterocycles. The third kappa shape index (κ3) is 1.86. The van der Waals surface area contributed by atoms with Crippen molar-refractivity contribution >= 4 is 11.8 Å². The maximum atomic E-state index is 5.17. The molecule has 0 amide bonds. The van der Waals surface area contributed by atoms with Crippen LogP contribution in [0.15, 0.2) is 41.3 Å². The summed E-state index contributed by atoms with van der Waals surface area (Å²) in [5.41, 5.74) is 0. The summed E-state index contributed by atoms with van der Waals surface area (Å²) in [4.78, 5) is 1.37. The molecule has 1 fully saturated rings. The Hall–Kier alpha value is -0.890. The summed E-state index contributed by atoms with van der Waals surface area (Å²) in [5, 5.41) is 0.795. The van der Waals surface area contributed by atoms with Crippen LogP contribution in [0.4, 0.5) is 0 Å². The number of hydrogen-bond donors (Lipinski definition) is 0. The molecule has 3 atom stereocenters. The molecule has 3 rings (SSSR count). The fraction of sp³-hybridized carbons (Fsp3) is 0.429. The van der Waals surface area contributed by atoms with E-state index in [4.69, 9.17) is 4.74 Å². The number of fused-ring (bicyclic) bond motifs is 2. The number of thioether (sulfide) groups is 1. The van der Waals surface area contributed by atoms with Gasteiger partial charge in [0.05, 0.1) is 7.11 Å². The molecule has 1 aromatic rings. The quantitative estimate of drug-likeness (QED) is 0.734. The Balaban J connectivity index is 1.68. The molecule has 1 aromatic carbocycles. The summed E-state index contributed by atoms with van der Waals surface area (Å²) in [6.45, 7) is 0. The van der Waals surface area contributed by atoms with Crippen molar-refractivity contribution in [2.75, 3.05) is 7.11 Å². The summed E-state index contributed by atoms with van der Waals surface area (Å²) in [6, 6.07) is 8.43. The molecule has 16 heavy (non-hydrogen) atoms. The number of hydrogen-bond acceptors (Lipinski definition) is 2. The molecule has 2 aliphatic carbocycles. The third-order valence-corrected chi connectivity index (χ3v) is 4.95. The molecule has 0 aromatic heterocycles. The Bertz CT molecular complexity index is 396. The fourth-order valence-electron chi connectivity index (χ4n) is 2.69. The molecular weight excluding hydrogens is 216 g/mol. The minimum Gasteiger partial charge on any atom is -0.497 e. The van der Waals surface area contributed by atoms with Crippen LogP contribution in [0.3, 0.4) is 0 Å². The second-order valence-electron chi connectivity index (χ2n) is 4.61. The zero-order chi connectivity index (χ0) is 11.0. The SMILES string of the molecule is COc1ccc(S[C@H]2C[C@@H]3C=C[C@H]2C3)cc1. The average Bonchev–Trinajstić information content (AvgIpc) is 2.92. The Morgan fingerprint density at radius 2 is 1.94 bits per heavy atom. The Morgan fingerprint density at radius 1 is 1.12 bits per heavy atom. The normalized spacial score (nSPS) is 30.9. The number of rotatable bonds is 3. The van der Waals surface area contributed by atoms with Crippen molar-refractivity contribution in [3.8, 4) is 5.75 Å². The summed E-state index contributed by atoms with van der Waals surface area (Å²) < 4.78 is 5.17. The highest BCUT2D eigenvalue weighted by Crippen LogP contribution is 2.47. The molecule has 0 unspecified atom stereocenters. The molecule has 1 nitrogen and oxygen atoms in total.